The number of alkyl halides is 6. The largest absolute Gasteiger partial charge is 0.416 e. The van der Waals surface area contributed by atoms with Crippen molar-refractivity contribution in [2.45, 2.75) is 12.4 Å². The number of halogens is 6. The number of hydrogen-bond donors (Lipinski definition) is 1. The number of carbonyl (C=O) groups is 1. The van der Waals surface area contributed by atoms with Crippen molar-refractivity contribution in [1.82, 2.24) is 10.2 Å². The molecule has 0 radical (unpaired) electrons. The molecule has 0 atom stereocenters. The average molecular weight is 328 g/mol. The Morgan fingerprint density at radius 3 is 1.82 bits per heavy atom. The predicted molar refractivity (Wildman–Crippen MR) is 67.3 cm³/mol. The highest BCUT2D eigenvalue weighted by molar-refractivity contribution is 5.94. The van der Waals surface area contributed by atoms with Crippen LogP contribution in [-0.2, 0) is 12.4 Å². The van der Waals surface area contributed by atoms with Gasteiger partial charge in [-0.3, -0.25) is 4.79 Å². The molecule has 0 aliphatic rings. The molecule has 3 nitrogen and oxygen atoms in total. The molecular formula is C13H14F6N2O. The maximum absolute atomic E-state index is 12.7. The van der Waals surface area contributed by atoms with Crippen LogP contribution in [0.3, 0.4) is 0 Å². The molecule has 0 saturated heterocycles. The van der Waals surface area contributed by atoms with Gasteiger partial charge < -0.3 is 10.2 Å². The Hall–Kier alpha value is -1.77. The molecule has 1 rings (SSSR count). The Morgan fingerprint density at radius 2 is 1.45 bits per heavy atom. The maximum Gasteiger partial charge on any atom is 0.416 e. The van der Waals surface area contributed by atoms with Gasteiger partial charge in [0.25, 0.3) is 5.91 Å². The molecule has 0 unspecified atom stereocenters. The zero-order valence-electron chi connectivity index (χ0n) is 11.8. The summed E-state index contributed by atoms with van der Waals surface area (Å²) in [4.78, 5) is 13.4. The van der Waals surface area contributed by atoms with Gasteiger partial charge in [0.05, 0.1) is 11.1 Å². The number of carbonyl (C=O) groups excluding carboxylic acids is 1. The first-order valence-corrected chi connectivity index (χ1v) is 6.13. The molecule has 0 fully saturated rings. The van der Waals surface area contributed by atoms with E-state index in [1.54, 1.807) is 19.0 Å². The summed E-state index contributed by atoms with van der Waals surface area (Å²) in [5.41, 5.74) is -3.71. The van der Waals surface area contributed by atoms with E-state index in [1.807, 2.05) is 0 Å². The minimum atomic E-state index is -4.97. The summed E-state index contributed by atoms with van der Waals surface area (Å²) in [5, 5.41) is 2.27. The lowest BCUT2D eigenvalue weighted by Gasteiger charge is -2.15. The third-order valence-electron chi connectivity index (χ3n) is 2.69. The number of hydrogen-bond acceptors (Lipinski definition) is 2. The van der Waals surface area contributed by atoms with E-state index >= 15 is 0 Å². The average Bonchev–Trinajstić information content (AvgIpc) is 2.35. The molecule has 0 aliphatic carbocycles. The van der Waals surface area contributed by atoms with Crippen LogP contribution >= 0.6 is 0 Å². The third-order valence-corrected chi connectivity index (χ3v) is 2.69. The van der Waals surface area contributed by atoms with Crippen LogP contribution in [0.4, 0.5) is 26.3 Å². The fourth-order valence-corrected chi connectivity index (χ4v) is 1.58. The van der Waals surface area contributed by atoms with Crippen molar-refractivity contribution in [2.24, 2.45) is 0 Å². The molecular weight excluding hydrogens is 314 g/mol. The van der Waals surface area contributed by atoms with E-state index in [-0.39, 0.29) is 12.6 Å². The SMILES string of the molecule is CN(C)CCNC(=O)c1cc(C(F)(F)F)cc(C(F)(F)F)c1. The van der Waals surface area contributed by atoms with Crippen LogP contribution in [0.25, 0.3) is 0 Å². The van der Waals surface area contributed by atoms with E-state index in [0.29, 0.717) is 18.7 Å². The molecule has 0 heterocycles. The Balaban J connectivity index is 3.10. The molecule has 1 aromatic carbocycles. The van der Waals surface area contributed by atoms with E-state index in [2.05, 4.69) is 5.32 Å². The summed E-state index contributed by atoms with van der Waals surface area (Å²) in [7, 11) is 3.41. The smallest absolute Gasteiger partial charge is 0.351 e. The fraction of sp³-hybridized carbons (Fsp3) is 0.462. The van der Waals surface area contributed by atoms with Gasteiger partial charge >= 0.3 is 12.4 Å². The van der Waals surface area contributed by atoms with Crippen LogP contribution in [0.15, 0.2) is 18.2 Å². The molecule has 0 saturated carbocycles. The van der Waals surface area contributed by atoms with Gasteiger partial charge in [0.1, 0.15) is 0 Å². The molecule has 1 N–H and O–H groups in total. The van der Waals surface area contributed by atoms with Crippen molar-refractivity contribution in [2.75, 3.05) is 27.2 Å². The van der Waals surface area contributed by atoms with Gasteiger partial charge in [0.15, 0.2) is 0 Å². The van der Waals surface area contributed by atoms with Gasteiger partial charge in [0, 0.05) is 18.7 Å². The van der Waals surface area contributed by atoms with Crippen molar-refractivity contribution in [3.8, 4) is 0 Å². The number of amides is 1. The van der Waals surface area contributed by atoms with Crippen LogP contribution in [0.5, 0.6) is 0 Å². The normalized spacial score (nSPS) is 12.6. The van der Waals surface area contributed by atoms with Crippen LogP contribution in [0.1, 0.15) is 21.5 Å². The highest BCUT2D eigenvalue weighted by Gasteiger charge is 2.37. The molecule has 0 aliphatic heterocycles. The van der Waals surface area contributed by atoms with Crippen LogP contribution in [0, 0.1) is 0 Å². The summed E-state index contributed by atoms with van der Waals surface area (Å²) < 4.78 is 75.9. The molecule has 1 aromatic rings. The van der Waals surface area contributed by atoms with E-state index < -0.39 is 35.0 Å². The number of rotatable bonds is 4. The highest BCUT2D eigenvalue weighted by Crippen LogP contribution is 2.36. The fourth-order valence-electron chi connectivity index (χ4n) is 1.58. The van der Waals surface area contributed by atoms with Gasteiger partial charge in [-0.05, 0) is 32.3 Å². The van der Waals surface area contributed by atoms with Gasteiger partial charge in [-0.2, -0.15) is 26.3 Å². The number of nitrogens with zero attached hydrogens (tertiary/aromatic N) is 1. The molecule has 0 aromatic heterocycles. The standard InChI is InChI=1S/C13H14F6N2O/c1-21(2)4-3-20-11(22)8-5-9(12(14,15)16)7-10(6-8)13(17,18)19/h5-7H,3-4H2,1-2H3,(H,20,22). The summed E-state index contributed by atoms with van der Waals surface area (Å²) in [5.74, 6) is -0.988. The first-order valence-electron chi connectivity index (χ1n) is 6.13. The second-order valence-corrected chi connectivity index (χ2v) is 4.85. The number of benzene rings is 1. The molecule has 0 bridgehead atoms. The summed E-state index contributed by atoms with van der Waals surface area (Å²) in [6.45, 7) is 0.500. The monoisotopic (exact) mass is 328 g/mol. The van der Waals surface area contributed by atoms with Crippen LogP contribution in [-0.4, -0.2) is 38.0 Å². The van der Waals surface area contributed by atoms with Gasteiger partial charge in [0.2, 0.25) is 0 Å². The van der Waals surface area contributed by atoms with Crippen molar-refractivity contribution in [3.63, 3.8) is 0 Å². The number of nitrogens with one attached hydrogen (secondary N) is 1. The molecule has 1 amide bonds. The van der Waals surface area contributed by atoms with E-state index in [0.717, 1.165) is 0 Å². The second-order valence-electron chi connectivity index (χ2n) is 4.85. The maximum atomic E-state index is 12.7. The van der Waals surface area contributed by atoms with Gasteiger partial charge in [-0.1, -0.05) is 0 Å². The summed E-state index contributed by atoms with van der Waals surface area (Å²) in [6, 6.07) is 0.789. The lowest BCUT2D eigenvalue weighted by atomic mass is 10.0. The minimum Gasteiger partial charge on any atom is -0.351 e. The lowest BCUT2D eigenvalue weighted by molar-refractivity contribution is -0.143. The summed E-state index contributed by atoms with van der Waals surface area (Å²) >= 11 is 0. The van der Waals surface area contributed by atoms with Crippen molar-refractivity contribution >= 4 is 5.91 Å². The van der Waals surface area contributed by atoms with E-state index in [4.69, 9.17) is 0 Å². The lowest BCUT2D eigenvalue weighted by Crippen LogP contribution is -2.31. The first-order chi connectivity index (χ1) is 9.91. The van der Waals surface area contributed by atoms with Crippen LogP contribution < -0.4 is 5.32 Å². The highest BCUT2D eigenvalue weighted by atomic mass is 19.4. The molecule has 22 heavy (non-hydrogen) atoms. The molecule has 9 heteroatoms. The minimum absolute atomic E-state index is 0.0173. The van der Waals surface area contributed by atoms with Crippen molar-refractivity contribution < 1.29 is 31.1 Å². The Morgan fingerprint density at radius 1 is 1.00 bits per heavy atom. The Kier molecular flexibility index (Phi) is 5.44. The van der Waals surface area contributed by atoms with Crippen molar-refractivity contribution in [3.05, 3.63) is 34.9 Å². The van der Waals surface area contributed by atoms with E-state index in [1.165, 1.54) is 0 Å². The summed E-state index contributed by atoms with van der Waals surface area (Å²) in [6.07, 6.45) is -9.94. The number of likely N-dealkylation sites (N-methyl/N-ethyl adjacent to an activating group) is 1. The topological polar surface area (TPSA) is 32.3 Å². The van der Waals surface area contributed by atoms with Crippen LogP contribution in [0.2, 0.25) is 0 Å². The van der Waals surface area contributed by atoms with E-state index in [9.17, 15) is 31.1 Å². The predicted octanol–water partition coefficient (Wildman–Crippen LogP) is 3.02. The zero-order chi connectivity index (χ0) is 17.1. The molecule has 124 valence electrons. The van der Waals surface area contributed by atoms with Gasteiger partial charge in [-0.15, -0.1) is 0 Å². The van der Waals surface area contributed by atoms with Crippen molar-refractivity contribution in [1.29, 1.82) is 0 Å². The zero-order valence-corrected chi connectivity index (χ0v) is 11.8. The third kappa shape index (κ3) is 5.21. The van der Waals surface area contributed by atoms with Gasteiger partial charge in [-0.25, -0.2) is 0 Å². The molecule has 0 spiro atoms. The Labute approximate surface area is 122 Å². The quantitative estimate of drug-likeness (QED) is 0.862. The first kappa shape index (κ1) is 18.3. The Bertz CT molecular complexity index is 504. The second kappa shape index (κ2) is 6.55.